The van der Waals surface area contributed by atoms with Crippen LogP contribution in [0.15, 0.2) is 48.5 Å². The topological polar surface area (TPSA) is 33.7 Å². The molecule has 2 aromatic rings. The van der Waals surface area contributed by atoms with Gasteiger partial charge in [-0.15, -0.1) is 0 Å². The molecule has 4 heteroatoms. The van der Waals surface area contributed by atoms with Gasteiger partial charge in [-0.2, -0.15) is 0 Å². The molecule has 2 aromatic carbocycles. The van der Waals surface area contributed by atoms with Crippen molar-refractivity contribution in [2.24, 2.45) is 5.92 Å². The van der Waals surface area contributed by atoms with E-state index in [4.69, 9.17) is 23.2 Å². The summed E-state index contributed by atoms with van der Waals surface area (Å²) >= 11 is 11.9. The van der Waals surface area contributed by atoms with Crippen molar-refractivity contribution in [2.45, 2.75) is 25.4 Å². The monoisotopic (exact) mass is 334 g/mol. The minimum absolute atomic E-state index is 0.00438. The fourth-order valence-corrected chi connectivity index (χ4v) is 3.36. The lowest BCUT2D eigenvalue weighted by Gasteiger charge is -2.32. The average molecular weight is 335 g/mol. The van der Waals surface area contributed by atoms with E-state index in [1.54, 1.807) is 0 Å². The second-order valence-electron chi connectivity index (χ2n) is 5.89. The van der Waals surface area contributed by atoms with Gasteiger partial charge in [0.25, 0.3) is 0 Å². The van der Waals surface area contributed by atoms with Crippen LogP contribution in [0.3, 0.4) is 0 Å². The summed E-state index contributed by atoms with van der Waals surface area (Å²) in [5.74, 6) is 0.312. The maximum absolute atomic E-state index is 12.4. The third-order valence-electron chi connectivity index (χ3n) is 4.46. The zero-order valence-electron chi connectivity index (χ0n) is 12.3. The van der Waals surface area contributed by atoms with Crippen molar-refractivity contribution < 1.29 is 10.1 Å². The van der Waals surface area contributed by atoms with Crippen molar-refractivity contribution in [3.8, 4) is 0 Å². The highest BCUT2D eigenvalue weighted by molar-refractivity contribution is 6.30. The molecule has 1 heterocycles. The number of piperidine rings is 1. The van der Waals surface area contributed by atoms with Crippen LogP contribution in [0.5, 0.6) is 0 Å². The molecule has 3 atom stereocenters. The summed E-state index contributed by atoms with van der Waals surface area (Å²) in [5.41, 5.74) is 2.28. The van der Waals surface area contributed by atoms with Crippen LogP contribution in [0.25, 0.3) is 0 Å². The van der Waals surface area contributed by atoms with Crippen molar-refractivity contribution in [3.63, 3.8) is 0 Å². The number of Topliss-reactive ketones (excluding diaryl/α,β-unsaturated/α-hetero) is 1. The van der Waals surface area contributed by atoms with Crippen molar-refractivity contribution >= 4 is 29.0 Å². The lowest BCUT2D eigenvalue weighted by Crippen LogP contribution is -2.90. The van der Waals surface area contributed by atoms with Crippen molar-refractivity contribution in [1.29, 1.82) is 0 Å². The molecule has 1 saturated heterocycles. The first-order chi connectivity index (χ1) is 10.5. The molecule has 2 N–H and O–H groups in total. The molecule has 3 rings (SSSR count). The Balaban J connectivity index is 1.88. The molecular formula is C18H18Cl2NO+. The number of quaternary nitrogens is 1. The van der Waals surface area contributed by atoms with E-state index in [0.29, 0.717) is 22.2 Å². The summed E-state index contributed by atoms with van der Waals surface area (Å²) in [7, 11) is 0. The first-order valence-corrected chi connectivity index (χ1v) is 8.19. The predicted molar refractivity (Wildman–Crippen MR) is 89.1 cm³/mol. The van der Waals surface area contributed by atoms with E-state index < -0.39 is 0 Å². The van der Waals surface area contributed by atoms with Gasteiger partial charge in [0.1, 0.15) is 17.9 Å². The van der Waals surface area contributed by atoms with Crippen LogP contribution in [0.1, 0.15) is 36.6 Å². The SMILES string of the molecule is C[C@H]1C(=O)C[C@@H](c2ccc(Cl)cc2)[NH2+][C@H]1c1ccc(Cl)cc1. The first kappa shape index (κ1) is 15.5. The highest BCUT2D eigenvalue weighted by Crippen LogP contribution is 2.29. The maximum Gasteiger partial charge on any atom is 0.148 e. The largest absolute Gasteiger partial charge is 0.333 e. The van der Waals surface area contributed by atoms with Crippen LogP contribution in [-0.4, -0.2) is 5.78 Å². The molecule has 1 aliphatic rings. The van der Waals surface area contributed by atoms with Gasteiger partial charge in [0.2, 0.25) is 0 Å². The Kier molecular flexibility index (Phi) is 4.53. The van der Waals surface area contributed by atoms with Crippen molar-refractivity contribution in [2.75, 3.05) is 0 Å². The molecule has 0 aromatic heterocycles. The second-order valence-corrected chi connectivity index (χ2v) is 6.76. The summed E-state index contributed by atoms with van der Waals surface area (Å²) in [6.45, 7) is 2.01. The van der Waals surface area contributed by atoms with Crippen LogP contribution >= 0.6 is 23.2 Å². The van der Waals surface area contributed by atoms with Gasteiger partial charge < -0.3 is 5.32 Å². The van der Waals surface area contributed by atoms with E-state index in [2.05, 4.69) is 5.32 Å². The highest BCUT2D eigenvalue weighted by atomic mass is 35.5. The van der Waals surface area contributed by atoms with Crippen LogP contribution < -0.4 is 5.32 Å². The minimum Gasteiger partial charge on any atom is -0.333 e. The van der Waals surface area contributed by atoms with Gasteiger partial charge in [0.05, 0.1) is 12.3 Å². The third-order valence-corrected chi connectivity index (χ3v) is 4.96. The quantitative estimate of drug-likeness (QED) is 0.886. The van der Waals surface area contributed by atoms with Crippen LogP contribution in [-0.2, 0) is 4.79 Å². The number of rotatable bonds is 2. The van der Waals surface area contributed by atoms with Gasteiger partial charge >= 0.3 is 0 Å². The average Bonchev–Trinajstić information content (AvgIpc) is 2.52. The number of carbonyl (C=O) groups excluding carboxylic acids is 1. The van der Waals surface area contributed by atoms with E-state index >= 15 is 0 Å². The zero-order valence-corrected chi connectivity index (χ0v) is 13.8. The van der Waals surface area contributed by atoms with Gasteiger partial charge in [0, 0.05) is 21.2 Å². The molecule has 114 valence electrons. The molecule has 1 fully saturated rings. The van der Waals surface area contributed by atoms with Crippen molar-refractivity contribution in [3.05, 3.63) is 69.7 Å². The number of nitrogens with two attached hydrogens (primary N) is 1. The lowest BCUT2D eigenvalue weighted by molar-refractivity contribution is -0.742. The fraction of sp³-hybridized carbons (Fsp3) is 0.278. The Hall–Kier alpha value is -1.35. The number of hydrogen-bond acceptors (Lipinski definition) is 1. The third kappa shape index (κ3) is 3.19. The molecule has 0 spiro atoms. The number of benzene rings is 2. The smallest absolute Gasteiger partial charge is 0.148 e. The Labute approximate surface area is 140 Å². The summed E-state index contributed by atoms with van der Waals surface area (Å²) in [6, 6.07) is 15.8. The molecule has 0 amide bonds. The summed E-state index contributed by atoms with van der Waals surface area (Å²) in [4.78, 5) is 12.4. The Morgan fingerprint density at radius 3 is 1.95 bits per heavy atom. The van der Waals surface area contributed by atoms with Gasteiger partial charge in [0.15, 0.2) is 0 Å². The maximum atomic E-state index is 12.4. The second kappa shape index (κ2) is 6.41. The summed E-state index contributed by atoms with van der Waals surface area (Å²) in [5, 5.41) is 3.72. The molecule has 0 bridgehead atoms. The van der Waals surface area contributed by atoms with Gasteiger partial charge in [-0.25, -0.2) is 0 Å². The Morgan fingerprint density at radius 2 is 1.41 bits per heavy atom. The molecule has 2 nitrogen and oxygen atoms in total. The Morgan fingerprint density at radius 1 is 0.909 bits per heavy atom. The predicted octanol–water partition coefficient (Wildman–Crippen LogP) is 3.95. The Bertz CT molecular complexity index is 666. The highest BCUT2D eigenvalue weighted by Gasteiger charge is 2.38. The summed E-state index contributed by atoms with van der Waals surface area (Å²) in [6.07, 6.45) is 0.562. The number of hydrogen-bond donors (Lipinski definition) is 1. The molecule has 0 radical (unpaired) electrons. The van der Waals surface area contributed by atoms with E-state index in [-0.39, 0.29) is 18.0 Å². The number of carbonyl (C=O) groups is 1. The van der Waals surface area contributed by atoms with Crippen LogP contribution in [0.2, 0.25) is 10.0 Å². The zero-order chi connectivity index (χ0) is 15.7. The number of ketones is 1. The van der Waals surface area contributed by atoms with Gasteiger partial charge in [-0.05, 0) is 31.2 Å². The van der Waals surface area contributed by atoms with Crippen LogP contribution in [0.4, 0.5) is 0 Å². The van der Waals surface area contributed by atoms with Gasteiger partial charge in [-0.1, -0.05) is 47.5 Å². The fourth-order valence-electron chi connectivity index (χ4n) is 3.11. The van der Waals surface area contributed by atoms with E-state index in [9.17, 15) is 4.79 Å². The minimum atomic E-state index is 0.00438. The molecule has 22 heavy (non-hydrogen) atoms. The molecule has 1 aliphatic heterocycles. The van der Waals surface area contributed by atoms with Crippen LogP contribution in [0, 0.1) is 5.92 Å². The van der Waals surface area contributed by atoms with Crippen molar-refractivity contribution in [1.82, 2.24) is 0 Å². The van der Waals surface area contributed by atoms with E-state index in [1.165, 1.54) is 0 Å². The molecule has 0 aliphatic carbocycles. The first-order valence-electron chi connectivity index (χ1n) is 7.43. The van der Waals surface area contributed by atoms with E-state index in [1.807, 2.05) is 55.5 Å². The van der Waals surface area contributed by atoms with Gasteiger partial charge in [-0.3, -0.25) is 4.79 Å². The number of halogens is 2. The lowest BCUT2D eigenvalue weighted by atomic mass is 9.82. The van der Waals surface area contributed by atoms with E-state index in [0.717, 1.165) is 11.1 Å². The normalized spacial score (nSPS) is 25.2. The standard InChI is InChI=1S/C18H17Cl2NO/c1-11-17(22)10-16(12-2-6-14(19)7-3-12)21-18(11)13-4-8-15(20)9-5-13/h2-9,11,16,18,21H,10H2,1H3/p+1/t11-,16-,18+/m0/s1. The molecular weight excluding hydrogens is 317 g/mol. The summed E-state index contributed by atoms with van der Waals surface area (Å²) < 4.78 is 0. The molecule has 0 unspecified atom stereocenters. The molecule has 0 saturated carbocycles.